The van der Waals surface area contributed by atoms with Crippen molar-refractivity contribution in [2.45, 2.75) is 109 Å². The lowest BCUT2D eigenvalue weighted by molar-refractivity contribution is -0.370. The second-order valence-corrected chi connectivity index (χ2v) is 12.8. The van der Waals surface area contributed by atoms with Crippen LogP contribution in [0.1, 0.15) is 73.6 Å². The Morgan fingerprint density at radius 1 is 1.16 bits per heavy atom. The van der Waals surface area contributed by atoms with Crippen LogP contribution < -0.4 is 0 Å². The van der Waals surface area contributed by atoms with Crippen molar-refractivity contribution < 1.29 is 38.8 Å². The molecule has 4 fully saturated rings. The number of ether oxygens (including phenoxy) is 3. The third-order valence-electron chi connectivity index (χ3n) is 9.81. The molecule has 2 saturated carbocycles. The maximum absolute atomic E-state index is 14.1. The third kappa shape index (κ3) is 4.08. The van der Waals surface area contributed by atoms with Gasteiger partial charge in [0.25, 0.3) is 0 Å². The minimum Gasteiger partial charge on any atom is -0.461 e. The zero-order valence-electron chi connectivity index (χ0n) is 23.0. The molecule has 2 N–H and O–H groups in total. The molecule has 0 amide bonds. The average Bonchev–Trinajstić information content (AvgIpc) is 3.29. The molecule has 8 atom stereocenters. The van der Waals surface area contributed by atoms with Gasteiger partial charge in [0, 0.05) is 24.7 Å². The Labute approximate surface area is 219 Å². The fourth-order valence-electron chi connectivity index (χ4n) is 8.14. The number of fused-ring (bicyclic) bond motifs is 3. The number of nitrogens with zero attached hydrogens (tertiary/aromatic N) is 1. The van der Waals surface area contributed by atoms with Gasteiger partial charge in [-0.2, -0.15) is 0 Å². The van der Waals surface area contributed by atoms with Gasteiger partial charge in [-0.15, -0.1) is 6.58 Å². The van der Waals surface area contributed by atoms with E-state index in [1.165, 1.54) is 19.9 Å². The number of carbonyl (C=O) groups excluding carboxylic acids is 3. The second kappa shape index (κ2) is 9.14. The molecule has 0 aromatic rings. The summed E-state index contributed by atoms with van der Waals surface area (Å²) in [6.07, 6.45) is 0.859. The Kier molecular flexibility index (Phi) is 6.97. The van der Waals surface area contributed by atoms with Gasteiger partial charge in [0.05, 0.1) is 18.2 Å². The average molecular weight is 522 g/mol. The van der Waals surface area contributed by atoms with Crippen molar-refractivity contribution in [2.75, 3.05) is 19.6 Å². The van der Waals surface area contributed by atoms with Crippen LogP contribution in [0.2, 0.25) is 0 Å². The van der Waals surface area contributed by atoms with Crippen LogP contribution in [0.5, 0.6) is 0 Å². The first-order valence-electron chi connectivity index (χ1n) is 13.4. The molecule has 0 unspecified atom stereocenters. The number of ketones is 1. The molecule has 4 aliphatic rings. The van der Waals surface area contributed by atoms with E-state index in [0.717, 1.165) is 25.9 Å². The molecule has 0 bridgehead atoms. The number of hydrogen-bond acceptors (Lipinski definition) is 9. The molecule has 0 radical (unpaired) electrons. The molecule has 2 aliphatic carbocycles. The van der Waals surface area contributed by atoms with Crippen LogP contribution in [-0.2, 0) is 28.6 Å². The molecule has 2 saturated heterocycles. The van der Waals surface area contributed by atoms with Crippen LogP contribution >= 0.6 is 0 Å². The Bertz CT molecular complexity index is 975. The van der Waals surface area contributed by atoms with Gasteiger partial charge in [0.15, 0.2) is 17.5 Å². The normalized spacial score (nSPS) is 45.5. The van der Waals surface area contributed by atoms with E-state index in [1.807, 2.05) is 18.7 Å². The summed E-state index contributed by atoms with van der Waals surface area (Å²) in [6, 6.07) is 0. The highest BCUT2D eigenvalue weighted by atomic mass is 16.6. The number of aliphatic hydroxyl groups excluding tert-OH is 1. The summed E-state index contributed by atoms with van der Waals surface area (Å²) in [5.74, 6) is -2.35. The van der Waals surface area contributed by atoms with Crippen molar-refractivity contribution in [3.05, 3.63) is 12.7 Å². The lowest BCUT2D eigenvalue weighted by Gasteiger charge is -2.71. The van der Waals surface area contributed by atoms with Crippen molar-refractivity contribution in [3.8, 4) is 0 Å². The minimum absolute atomic E-state index is 0.133. The molecule has 9 nitrogen and oxygen atoms in total. The van der Waals surface area contributed by atoms with E-state index < -0.39 is 69.6 Å². The van der Waals surface area contributed by atoms with E-state index in [9.17, 15) is 24.6 Å². The van der Waals surface area contributed by atoms with Crippen LogP contribution in [0.4, 0.5) is 0 Å². The van der Waals surface area contributed by atoms with Gasteiger partial charge in [-0.05, 0) is 58.0 Å². The maximum Gasteiger partial charge on any atom is 0.320 e. The van der Waals surface area contributed by atoms with Crippen LogP contribution in [0.25, 0.3) is 0 Å². The molecule has 4 rings (SSSR count). The van der Waals surface area contributed by atoms with Crippen LogP contribution in [0.15, 0.2) is 12.7 Å². The fraction of sp³-hybridized carbons (Fsp3) is 0.821. The SMILES string of the molecule is C=C[C@@]1(C)CC(=O)[C@]2(O)[C@@]3(C)[C@@H](OC(=O)CN4CCCC4)CCC(C)(C)[C@@H]3[C@H](O)[C@H](OC(C)=O)[C@@]2(C)O1. The van der Waals surface area contributed by atoms with Crippen molar-refractivity contribution in [1.82, 2.24) is 4.90 Å². The number of likely N-dealkylation sites (tertiary alicyclic amines) is 1. The largest absolute Gasteiger partial charge is 0.461 e. The van der Waals surface area contributed by atoms with Gasteiger partial charge in [-0.3, -0.25) is 19.3 Å². The zero-order chi connectivity index (χ0) is 27.6. The Balaban J connectivity index is 1.85. The van der Waals surface area contributed by atoms with Crippen LogP contribution in [0.3, 0.4) is 0 Å². The molecule has 37 heavy (non-hydrogen) atoms. The van der Waals surface area contributed by atoms with E-state index in [1.54, 1.807) is 13.8 Å². The highest BCUT2D eigenvalue weighted by molar-refractivity contribution is 5.92. The van der Waals surface area contributed by atoms with E-state index >= 15 is 0 Å². The minimum atomic E-state index is -2.23. The van der Waals surface area contributed by atoms with Gasteiger partial charge < -0.3 is 24.4 Å². The molecule has 2 aliphatic heterocycles. The smallest absolute Gasteiger partial charge is 0.320 e. The summed E-state index contributed by atoms with van der Waals surface area (Å²) in [5.41, 5.74) is -7.25. The first-order valence-corrected chi connectivity index (χ1v) is 13.4. The van der Waals surface area contributed by atoms with Crippen molar-refractivity contribution >= 4 is 17.7 Å². The Hall–Kier alpha value is -1.81. The first-order chi connectivity index (χ1) is 17.1. The highest BCUT2D eigenvalue weighted by Gasteiger charge is 2.82. The Morgan fingerprint density at radius 3 is 2.35 bits per heavy atom. The second-order valence-electron chi connectivity index (χ2n) is 12.8. The summed E-state index contributed by atoms with van der Waals surface area (Å²) in [4.78, 5) is 41.5. The monoisotopic (exact) mass is 521 g/mol. The zero-order valence-corrected chi connectivity index (χ0v) is 23.0. The summed E-state index contributed by atoms with van der Waals surface area (Å²) < 4.78 is 18.2. The van der Waals surface area contributed by atoms with Crippen molar-refractivity contribution in [3.63, 3.8) is 0 Å². The van der Waals surface area contributed by atoms with E-state index in [-0.39, 0.29) is 13.0 Å². The predicted octanol–water partition coefficient (Wildman–Crippen LogP) is 2.17. The lowest BCUT2D eigenvalue weighted by atomic mass is 9.39. The molecule has 2 heterocycles. The molecule has 9 heteroatoms. The van der Waals surface area contributed by atoms with Crippen LogP contribution in [-0.4, -0.2) is 87.6 Å². The summed E-state index contributed by atoms with van der Waals surface area (Å²) in [6.45, 7) is 15.6. The standard InChI is InChI=1S/C28H43NO8/c1-8-25(5)15-18(31)28(34)26(6)19(36-20(32)16-29-13-9-10-14-29)11-12-24(3,4)22(26)21(33)23(35-17(2)30)27(28,7)37-25/h8,19,21-23,33-34H,1,9-16H2,2-7H3/t19-,21-,22-,23-,25-,26-,27+,28-/m0/s1. The number of carbonyl (C=O) groups is 3. The first kappa shape index (κ1) is 28.2. The quantitative estimate of drug-likeness (QED) is 0.414. The Morgan fingerprint density at radius 2 is 1.78 bits per heavy atom. The van der Waals surface area contributed by atoms with Gasteiger partial charge in [-0.1, -0.05) is 26.8 Å². The number of hydrogen-bond donors (Lipinski definition) is 2. The summed E-state index contributed by atoms with van der Waals surface area (Å²) in [7, 11) is 0. The van der Waals surface area contributed by atoms with Crippen LogP contribution in [0, 0.1) is 16.7 Å². The van der Waals surface area contributed by atoms with Gasteiger partial charge in [-0.25, -0.2) is 0 Å². The maximum atomic E-state index is 14.1. The lowest BCUT2D eigenvalue weighted by Crippen LogP contribution is -2.87. The molecular formula is C28H43NO8. The van der Waals surface area contributed by atoms with Gasteiger partial charge in [0.2, 0.25) is 0 Å². The highest BCUT2D eigenvalue weighted by Crippen LogP contribution is 2.67. The number of esters is 2. The number of rotatable bonds is 5. The molecule has 208 valence electrons. The molecule has 0 spiro atoms. The summed E-state index contributed by atoms with van der Waals surface area (Å²) in [5, 5.41) is 24.6. The van der Waals surface area contributed by atoms with Gasteiger partial charge >= 0.3 is 11.9 Å². The topological polar surface area (TPSA) is 123 Å². The van der Waals surface area contributed by atoms with Gasteiger partial charge in [0.1, 0.15) is 11.7 Å². The van der Waals surface area contributed by atoms with E-state index in [2.05, 4.69) is 6.58 Å². The predicted molar refractivity (Wildman–Crippen MR) is 134 cm³/mol. The van der Waals surface area contributed by atoms with Crippen molar-refractivity contribution in [2.24, 2.45) is 16.7 Å². The van der Waals surface area contributed by atoms with E-state index in [0.29, 0.717) is 12.8 Å². The van der Waals surface area contributed by atoms with E-state index in [4.69, 9.17) is 14.2 Å². The summed E-state index contributed by atoms with van der Waals surface area (Å²) >= 11 is 0. The fourth-order valence-corrected chi connectivity index (χ4v) is 8.14. The number of aliphatic hydroxyl groups is 2. The molecule has 0 aromatic carbocycles. The number of Topliss-reactive ketones (excluding diaryl/α,β-unsaturated/α-hetero) is 1. The van der Waals surface area contributed by atoms with Crippen molar-refractivity contribution in [1.29, 1.82) is 0 Å². The molecular weight excluding hydrogens is 478 g/mol. The molecule has 0 aromatic heterocycles. The third-order valence-corrected chi connectivity index (χ3v) is 9.81.